The zero-order chi connectivity index (χ0) is 106. The Labute approximate surface area is 851 Å². The Kier molecular flexibility index (Phi) is 133. The molecule has 138 heavy (non-hydrogen) atoms. The number of carbonyl (C=O) groups is 10. The molecule has 0 bridgehead atoms. The van der Waals surface area contributed by atoms with Crippen LogP contribution in [0.2, 0.25) is 0 Å². The first kappa shape index (κ1) is 150. The molecule has 0 aromatic heterocycles. The monoisotopic (exact) mass is 1970 g/mol. The molecule has 0 saturated heterocycles. The highest BCUT2D eigenvalue weighted by Crippen LogP contribution is 2.11. The molecule has 8 N–H and O–H groups in total. The van der Waals surface area contributed by atoms with Crippen LogP contribution in [0, 0.1) is 5.92 Å². The van der Waals surface area contributed by atoms with Crippen molar-refractivity contribution < 1.29 is 72.4 Å². The predicted octanol–water partition coefficient (Wildman–Crippen LogP) is 20.4. The number of ketones is 4. The molecule has 0 fully saturated rings. The number of Topliss-reactive ketones (excluding diaryl/α,β-unsaturated/α-hetero) is 4. The lowest BCUT2D eigenvalue weighted by Gasteiger charge is -2.30. The topological polar surface area (TPSA) is 330 Å². The molecule has 0 aliphatic rings. The van der Waals surface area contributed by atoms with Crippen molar-refractivity contribution in [2.75, 3.05) is 185 Å². The van der Waals surface area contributed by atoms with Crippen molar-refractivity contribution in [3.05, 3.63) is 12.3 Å². The molecule has 0 heterocycles. The zero-order valence-electron chi connectivity index (χ0n) is 95.2. The molecule has 0 aliphatic heterocycles. The number of rotatable bonds is 84. The lowest BCUT2D eigenvalue weighted by atomic mass is 10.1. The van der Waals surface area contributed by atoms with E-state index in [9.17, 15) is 47.9 Å². The van der Waals surface area contributed by atoms with Crippen molar-refractivity contribution in [2.24, 2.45) is 5.92 Å². The summed E-state index contributed by atoms with van der Waals surface area (Å²) < 4.78 is 15.5. The molecule has 0 aliphatic carbocycles. The van der Waals surface area contributed by atoms with Gasteiger partial charge in [-0.15, -0.1) is 0 Å². The molecule has 0 radical (unpaired) electrons. The Hall–Kier alpha value is -5.36. The van der Waals surface area contributed by atoms with Gasteiger partial charge in [-0.3, -0.25) is 52.8 Å². The fraction of sp³-hybridized carbons (Fsp3) is 0.892. The van der Waals surface area contributed by atoms with Gasteiger partial charge in [0.2, 0.25) is 35.4 Å². The second-order valence-corrected chi connectivity index (χ2v) is 37.0. The van der Waals surface area contributed by atoms with Crippen LogP contribution >= 0.6 is 0 Å². The smallest absolute Gasteiger partial charge is 0.222 e. The Morgan fingerprint density at radius 3 is 1.00 bits per heavy atom. The number of likely N-dealkylation sites (N-methyl/N-ethyl adjacent to an activating group) is 2. The van der Waals surface area contributed by atoms with Crippen molar-refractivity contribution in [1.29, 1.82) is 0 Å². The molecule has 27 heteroatoms. The Morgan fingerprint density at radius 1 is 0.297 bits per heavy atom. The number of unbranched alkanes of at least 4 members (excludes halogenated alkanes) is 13. The Morgan fingerprint density at radius 2 is 0.630 bits per heavy atom. The third kappa shape index (κ3) is 129. The van der Waals surface area contributed by atoms with E-state index in [1.165, 1.54) is 32.1 Å². The molecular weight excluding hydrogens is 1740 g/mol. The molecule has 0 saturated carbocycles. The molecule has 0 aromatic carbocycles. The van der Waals surface area contributed by atoms with E-state index in [-0.39, 0.29) is 54.1 Å². The number of amides is 6. The maximum absolute atomic E-state index is 12.1. The second-order valence-electron chi connectivity index (χ2n) is 37.0. The molecule has 0 spiro atoms. The van der Waals surface area contributed by atoms with Crippen LogP contribution in [0.1, 0.15) is 442 Å². The van der Waals surface area contributed by atoms with E-state index in [4.69, 9.17) is 24.4 Å². The van der Waals surface area contributed by atoms with Gasteiger partial charge in [0.1, 0.15) is 23.1 Å². The molecular formula is C111H230N12O15. The van der Waals surface area contributed by atoms with Crippen LogP contribution in [0.15, 0.2) is 12.3 Å². The lowest BCUT2D eigenvalue weighted by Crippen LogP contribution is -2.42. The van der Waals surface area contributed by atoms with Crippen LogP contribution in [0.25, 0.3) is 0 Å². The fourth-order valence-electron chi connectivity index (χ4n) is 13.4. The predicted molar refractivity (Wildman–Crippen MR) is 585 cm³/mol. The quantitative estimate of drug-likeness (QED) is 0.0262. The average molecular weight is 1970 g/mol. The standard InChI is InChI=1S/C19H37NO2.C17H33N3O2.C17H33NO2.C12H26N2O.C11H24N2O.C10H22N2O.C10H22O3.C8H18O2.C7H15NO/c1-4-6-12-18(21)14-8-10-16-20(3)17-11-9-15-19(22)13-7-5-2;1-5-8-15(4)18-11-13-20(17(22)10-7-3)14-12-19-16(21)9-6-2;1-4-10-16(19)12-6-8-14-18(3)15-9-7-13-17(20)11-5-2;1-6-7-12(15)13-8-9-14(10(2)3)11(4)5;1-4-7-8-11(14)12-9-10-13(5-2)6-3;1-5-12(6-2)8-7-11-10(13)9(3)4;1-2-3-4-5-7-12-9-10-13-8-6-11;1-3-4-5-6-10-7-8(2)9;1-3-5-6-8-7(9)4-2/h4-17H2,1-3H3;18H,4-14H2,1-3H3,(H,19,21);4-15H2,1-3H3;10-11H,6-9H2,1-5H3,(H,13,15);4-10H2,1-3H3,(H,12,14);9H,5-8H2,1-4H3,(H,11,13);11H,2-10H2,1H3;8-9H,3-7H2,1-2H3;3-6H2,1-2H3,(H,8,9). The van der Waals surface area contributed by atoms with E-state index in [0.29, 0.717) is 120 Å². The van der Waals surface area contributed by atoms with Crippen molar-refractivity contribution in [3.63, 3.8) is 0 Å². The van der Waals surface area contributed by atoms with Gasteiger partial charge in [-0.2, -0.15) is 0 Å². The summed E-state index contributed by atoms with van der Waals surface area (Å²) in [6, 6.07) is 1.07. The first-order valence-electron chi connectivity index (χ1n) is 55.8. The average Bonchev–Trinajstić information content (AvgIpc) is 0.933. The number of ether oxygens (including phenoxy) is 3. The van der Waals surface area contributed by atoms with Crippen LogP contribution in [0.4, 0.5) is 0 Å². The van der Waals surface area contributed by atoms with Gasteiger partial charge >= 0.3 is 0 Å². The van der Waals surface area contributed by atoms with E-state index in [0.717, 1.165) is 329 Å². The number of hydrogen-bond donors (Lipinski definition) is 8. The summed E-state index contributed by atoms with van der Waals surface area (Å²) in [4.78, 5) is 127. The number of nitrogens with one attached hydrogen (secondary N) is 6. The highest BCUT2D eigenvalue weighted by Gasteiger charge is 2.16. The van der Waals surface area contributed by atoms with Gasteiger partial charge in [0.05, 0.1) is 39.1 Å². The summed E-state index contributed by atoms with van der Waals surface area (Å²) >= 11 is 0. The van der Waals surface area contributed by atoms with Gasteiger partial charge in [-0.05, 0) is 229 Å². The number of hydrogen-bond acceptors (Lipinski definition) is 21. The summed E-state index contributed by atoms with van der Waals surface area (Å²) in [5.74, 6) is 2.63. The SMILES string of the molecule is C=C(CCC)NCCN(CCNC(=O)CCC)C(=O)CCC.CCCC(=O)CCCCN(C)CCCCC(=O)CCC.CCCC(=O)NCCN(C(C)C)C(C)C.CCCCC(=O)CCCCN(C)CCCCC(=O)CCCC.CCCCC(=O)NCCN(CC)CC.CCCCCCOCCOCCO.CCCCCOCC(C)O.CCCCNC(=O)CC.CCN(CC)CCNC(=O)C(C)C. The maximum Gasteiger partial charge on any atom is 0.222 e. The van der Waals surface area contributed by atoms with E-state index in [2.05, 4.69) is 195 Å². The highest BCUT2D eigenvalue weighted by atomic mass is 16.5. The fourth-order valence-corrected chi connectivity index (χ4v) is 13.4. The van der Waals surface area contributed by atoms with Gasteiger partial charge in [0.15, 0.2) is 0 Å². The maximum atomic E-state index is 12.1. The number of nitrogens with zero attached hydrogens (tertiary/aromatic N) is 6. The Bertz CT molecular complexity index is 2560. The largest absolute Gasteiger partial charge is 0.394 e. The van der Waals surface area contributed by atoms with Gasteiger partial charge in [-0.25, -0.2) is 0 Å². The minimum atomic E-state index is -0.318. The van der Waals surface area contributed by atoms with Gasteiger partial charge < -0.3 is 80.8 Å². The molecule has 27 nitrogen and oxygen atoms in total. The summed E-state index contributed by atoms with van der Waals surface area (Å²) in [7, 11) is 4.26. The third-order valence-corrected chi connectivity index (χ3v) is 22.2. The summed E-state index contributed by atoms with van der Waals surface area (Å²) in [5, 5.41) is 34.9. The van der Waals surface area contributed by atoms with E-state index in [1.807, 2.05) is 46.4 Å². The van der Waals surface area contributed by atoms with Crippen LogP contribution in [0.3, 0.4) is 0 Å². The third-order valence-electron chi connectivity index (χ3n) is 22.2. The summed E-state index contributed by atoms with van der Waals surface area (Å²) in [6.45, 7) is 74.4. The molecule has 0 aromatic rings. The number of aliphatic hydroxyl groups excluding tert-OH is 2. The van der Waals surface area contributed by atoms with Crippen molar-refractivity contribution in [2.45, 2.75) is 460 Å². The molecule has 1 atom stereocenters. The van der Waals surface area contributed by atoms with Gasteiger partial charge in [0.25, 0.3) is 0 Å². The Balaban J connectivity index is -0.000000196. The number of aliphatic hydroxyl groups is 2. The van der Waals surface area contributed by atoms with Crippen molar-refractivity contribution in [1.82, 2.24) is 61.3 Å². The molecule has 824 valence electrons. The van der Waals surface area contributed by atoms with E-state index in [1.54, 1.807) is 6.92 Å². The van der Waals surface area contributed by atoms with E-state index < -0.39 is 0 Å². The van der Waals surface area contributed by atoms with Crippen LogP contribution in [0.5, 0.6) is 0 Å². The summed E-state index contributed by atoms with van der Waals surface area (Å²) in [5.41, 5.74) is 1.02. The first-order chi connectivity index (χ1) is 66.1. The lowest BCUT2D eigenvalue weighted by molar-refractivity contribution is -0.131. The first-order valence-corrected chi connectivity index (χ1v) is 55.8. The number of carbonyl (C=O) groups excluding carboxylic acids is 10. The van der Waals surface area contributed by atoms with Crippen LogP contribution in [-0.4, -0.2) is 301 Å². The normalized spacial score (nSPS) is 10.9. The highest BCUT2D eigenvalue weighted by molar-refractivity contribution is 5.80. The molecule has 6 amide bonds. The zero-order valence-corrected chi connectivity index (χ0v) is 95.2. The van der Waals surface area contributed by atoms with Crippen LogP contribution in [-0.2, 0) is 62.2 Å². The van der Waals surface area contributed by atoms with Gasteiger partial charge in [-0.1, -0.05) is 202 Å². The van der Waals surface area contributed by atoms with Gasteiger partial charge in [0, 0.05) is 192 Å². The van der Waals surface area contributed by atoms with Crippen molar-refractivity contribution >= 4 is 58.6 Å². The minimum Gasteiger partial charge on any atom is -0.394 e. The number of allylic oxidation sites excluding steroid dienone is 1. The molecule has 1 unspecified atom stereocenters. The van der Waals surface area contributed by atoms with Crippen LogP contribution < -0.4 is 31.9 Å². The van der Waals surface area contributed by atoms with E-state index >= 15 is 0 Å². The summed E-state index contributed by atoms with van der Waals surface area (Å²) in [6.07, 6.45) is 40.8. The van der Waals surface area contributed by atoms with Crippen molar-refractivity contribution in [3.8, 4) is 0 Å². The minimum absolute atomic E-state index is 0.0554. The second kappa shape index (κ2) is 122. The molecule has 0 rings (SSSR count).